The van der Waals surface area contributed by atoms with Crippen LogP contribution in [0, 0.1) is 23.0 Å². The third-order valence-electron chi connectivity index (χ3n) is 2.81. The van der Waals surface area contributed by atoms with Crippen molar-refractivity contribution in [3.63, 3.8) is 0 Å². The molecule has 0 aliphatic rings. The lowest BCUT2D eigenvalue weighted by Crippen LogP contribution is -2.13. The van der Waals surface area contributed by atoms with Crippen molar-refractivity contribution in [2.24, 2.45) is 0 Å². The van der Waals surface area contributed by atoms with Crippen LogP contribution in [0.15, 0.2) is 42.0 Å². The number of nitrogens with one attached hydrogen (secondary N) is 1. The topological polar surface area (TPSA) is 52.9 Å². The van der Waals surface area contributed by atoms with E-state index < -0.39 is 17.5 Å². The molecule has 116 valence electrons. The van der Waals surface area contributed by atoms with E-state index in [4.69, 9.17) is 28.5 Å². The highest BCUT2D eigenvalue weighted by Gasteiger charge is 2.13. The predicted octanol–water partition coefficient (Wildman–Crippen LogP) is 4.82. The molecule has 2 rings (SSSR count). The molecular formula is C16H8Cl2F2N2O. The van der Waals surface area contributed by atoms with Crippen molar-refractivity contribution in [2.75, 3.05) is 5.32 Å². The van der Waals surface area contributed by atoms with Crippen molar-refractivity contribution >= 4 is 40.9 Å². The first-order chi connectivity index (χ1) is 10.9. The van der Waals surface area contributed by atoms with E-state index in [0.29, 0.717) is 11.1 Å². The number of nitrogens with zero attached hydrogens (tertiary/aromatic N) is 1. The van der Waals surface area contributed by atoms with Gasteiger partial charge in [0.25, 0.3) is 5.91 Å². The van der Waals surface area contributed by atoms with E-state index in [9.17, 15) is 13.6 Å². The molecule has 0 aliphatic heterocycles. The van der Waals surface area contributed by atoms with Crippen molar-refractivity contribution in [2.45, 2.75) is 0 Å². The highest BCUT2D eigenvalue weighted by molar-refractivity contribution is 6.36. The fourth-order valence-electron chi connectivity index (χ4n) is 1.70. The minimum atomic E-state index is -0.880. The van der Waals surface area contributed by atoms with Crippen molar-refractivity contribution in [1.82, 2.24) is 0 Å². The molecule has 1 amide bonds. The molecule has 23 heavy (non-hydrogen) atoms. The zero-order valence-electron chi connectivity index (χ0n) is 11.4. The van der Waals surface area contributed by atoms with Gasteiger partial charge in [0.2, 0.25) is 0 Å². The highest BCUT2D eigenvalue weighted by Crippen LogP contribution is 2.26. The lowest BCUT2D eigenvalue weighted by atomic mass is 10.1. The van der Waals surface area contributed by atoms with Crippen molar-refractivity contribution in [1.29, 1.82) is 5.26 Å². The summed E-state index contributed by atoms with van der Waals surface area (Å²) in [5.41, 5.74) is -0.191. The van der Waals surface area contributed by atoms with Gasteiger partial charge in [0.05, 0.1) is 10.7 Å². The van der Waals surface area contributed by atoms with Crippen LogP contribution in [0.25, 0.3) is 6.08 Å². The summed E-state index contributed by atoms with van der Waals surface area (Å²) in [5.74, 6) is -2.41. The number of halogens is 4. The second-order valence-electron chi connectivity index (χ2n) is 4.41. The lowest BCUT2D eigenvalue weighted by molar-refractivity contribution is -0.112. The number of hydrogen-bond acceptors (Lipinski definition) is 2. The van der Waals surface area contributed by atoms with Crippen LogP contribution in [0.2, 0.25) is 10.0 Å². The van der Waals surface area contributed by atoms with Gasteiger partial charge in [-0.25, -0.2) is 8.78 Å². The fraction of sp³-hybridized carbons (Fsp3) is 0. The molecule has 0 radical (unpaired) electrons. The molecule has 0 spiro atoms. The van der Waals surface area contributed by atoms with E-state index in [2.05, 4.69) is 5.32 Å². The second kappa shape index (κ2) is 7.23. The molecule has 0 atom stereocenters. The minimum absolute atomic E-state index is 0.0831. The summed E-state index contributed by atoms with van der Waals surface area (Å²) in [6.45, 7) is 0. The number of benzene rings is 2. The summed E-state index contributed by atoms with van der Waals surface area (Å²) in [5, 5.41) is 12.1. The van der Waals surface area contributed by atoms with Crippen molar-refractivity contribution < 1.29 is 13.6 Å². The van der Waals surface area contributed by atoms with Gasteiger partial charge in [-0.2, -0.15) is 5.26 Å². The van der Waals surface area contributed by atoms with Gasteiger partial charge >= 0.3 is 0 Å². The Morgan fingerprint density at radius 3 is 2.52 bits per heavy atom. The van der Waals surface area contributed by atoms with Gasteiger partial charge in [0.1, 0.15) is 23.3 Å². The van der Waals surface area contributed by atoms with Crippen LogP contribution in [-0.2, 0) is 4.79 Å². The third kappa shape index (κ3) is 4.28. The summed E-state index contributed by atoms with van der Waals surface area (Å²) >= 11 is 11.7. The molecule has 0 saturated heterocycles. The fourth-order valence-corrected chi connectivity index (χ4v) is 2.16. The van der Waals surface area contributed by atoms with Gasteiger partial charge in [-0.3, -0.25) is 4.79 Å². The number of carbonyl (C=O) groups is 1. The maximum atomic E-state index is 13.6. The summed E-state index contributed by atoms with van der Waals surface area (Å²) in [6, 6.07) is 8.88. The Kier molecular flexibility index (Phi) is 5.32. The van der Waals surface area contributed by atoms with Crippen LogP contribution in [-0.4, -0.2) is 5.91 Å². The van der Waals surface area contributed by atoms with Crippen molar-refractivity contribution in [3.8, 4) is 6.07 Å². The van der Waals surface area contributed by atoms with Crippen LogP contribution in [0.3, 0.4) is 0 Å². The molecule has 0 fully saturated rings. The molecule has 7 heteroatoms. The van der Waals surface area contributed by atoms with E-state index >= 15 is 0 Å². The molecule has 0 bridgehead atoms. The maximum Gasteiger partial charge on any atom is 0.266 e. The van der Waals surface area contributed by atoms with Crippen LogP contribution in [0.4, 0.5) is 14.5 Å². The van der Waals surface area contributed by atoms with Crippen molar-refractivity contribution in [3.05, 3.63) is 69.2 Å². The van der Waals surface area contributed by atoms with Crippen LogP contribution in [0.5, 0.6) is 0 Å². The van der Waals surface area contributed by atoms with Crippen LogP contribution in [0.1, 0.15) is 5.56 Å². The van der Waals surface area contributed by atoms with Gasteiger partial charge in [-0.15, -0.1) is 0 Å². The molecule has 0 aromatic heterocycles. The van der Waals surface area contributed by atoms with Gasteiger partial charge in [-0.05, 0) is 36.4 Å². The molecule has 2 aromatic carbocycles. The number of hydrogen-bond donors (Lipinski definition) is 1. The smallest absolute Gasteiger partial charge is 0.266 e. The largest absolute Gasteiger partial charge is 0.320 e. The monoisotopic (exact) mass is 352 g/mol. The zero-order valence-corrected chi connectivity index (χ0v) is 12.9. The number of nitriles is 1. The molecule has 1 N–H and O–H groups in total. The van der Waals surface area contributed by atoms with E-state index in [1.165, 1.54) is 18.2 Å². The van der Waals surface area contributed by atoms with Gasteiger partial charge in [0.15, 0.2) is 0 Å². The Hall–Kier alpha value is -2.42. The first-order valence-corrected chi connectivity index (χ1v) is 6.99. The number of carbonyl (C=O) groups excluding carboxylic acids is 1. The van der Waals surface area contributed by atoms with Gasteiger partial charge in [-0.1, -0.05) is 23.2 Å². The molecule has 0 saturated carbocycles. The summed E-state index contributed by atoms with van der Waals surface area (Å²) < 4.78 is 26.4. The quantitative estimate of drug-likeness (QED) is 0.636. The summed E-state index contributed by atoms with van der Waals surface area (Å²) in [4.78, 5) is 12.1. The summed E-state index contributed by atoms with van der Waals surface area (Å²) in [6.07, 6.45) is 1.02. The molecule has 0 heterocycles. The first kappa shape index (κ1) is 16.9. The number of anilines is 1. The van der Waals surface area contributed by atoms with Crippen LogP contribution >= 0.6 is 23.2 Å². The zero-order chi connectivity index (χ0) is 17.0. The standard InChI is InChI=1S/C16H8Cl2F2N2O/c17-11-2-4-15(13(18)6-11)22-16(23)10(8-21)5-9-1-3-12(19)7-14(9)20/h1-7H,(H,22,23)/b10-5+. The van der Waals surface area contributed by atoms with E-state index in [-0.39, 0.29) is 21.8 Å². The Balaban J connectivity index is 2.28. The van der Waals surface area contributed by atoms with Crippen LogP contribution < -0.4 is 5.32 Å². The van der Waals surface area contributed by atoms with Gasteiger partial charge < -0.3 is 5.32 Å². The SMILES string of the molecule is N#C/C(=C\c1ccc(F)cc1F)C(=O)Nc1ccc(Cl)cc1Cl. The average Bonchev–Trinajstić information content (AvgIpc) is 2.49. The van der Waals surface area contributed by atoms with E-state index in [1.807, 2.05) is 0 Å². The molecule has 2 aromatic rings. The number of amides is 1. The maximum absolute atomic E-state index is 13.6. The van der Waals surface area contributed by atoms with E-state index in [0.717, 1.165) is 18.2 Å². The molecule has 0 unspecified atom stereocenters. The molecule has 0 aliphatic carbocycles. The third-order valence-corrected chi connectivity index (χ3v) is 3.35. The normalized spacial score (nSPS) is 11.0. The Morgan fingerprint density at radius 1 is 1.17 bits per heavy atom. The number of rotatable bonds is 3. The molecular weight excluding hydrogens is 345 g/mol. The van der Waals surface area contributed by atoms with Gasteiger partial charge in [0, 0.05) is 16.7 Å². The Bertz CT molecular complexity index is 844. The lowest BCUT2D eigenvalue weighted by Gasteiger charge is -2.07. The Labute approximate surface area is 140 Å². The van der Waals surface area contributed by atoms with E-state index in [1.54, 1.807) is 6.07 Å². The Morgan fingerprint density at radius 2 is 1.91 bits per heavy atom. The second-order valence-corrected chi connectivity index (χ2v) is 5.26. The predicted molar refractivity (Wildman–Crippen MR) is 85.0 cm³/mol. The first-order valence-electron chi connectivity index (χ1n) is 6.24. The molecule has 3 nitrogen and oxygen atoms in total. The minimum Gasteiger partial charge on any atom is -0.320 e. The summed E-state index contributed by atoms with van der Waals surface area (Å²) in [7, 11) is 0. The average molecular weight is 353 g/mol. The highest BCUT2D eigenvalue weighted by atomic mass is 35.5.